The highest BCUT2D eigenvalue weighted by atomic mass is 79.9. The van der Waals surface area contributed by atoms with Crippen molar-refractivity contribution in [1.29, 1.82) is 0 Å². The number of rotatable bonds is 6. The minimum Gasteiger partial charge on any atom is -0.286 e. The number of halogens is 1. The highest BCUT2D eigenvalue weighted by Crippen LogP contribution is 2.15. The van der Waals surface area contributed by atoms with E-state index in [4.69, 9.17) is 0 Å². The summed E-state index contributed by atoms with van der Waals surface area (Å²) in [5, 5.41) is 10.9. The average molecular weight is 325 g/mol. The Kier molecular flexibility index (Phi) is 5.00. The van der Waals surface area contributed by atoms with Crippen molar-refractivity contribution in [1.82, 2.24) is 4.89 Å². The first-order valence-corrected chi connectivity index (χ1v) is 7.02. The van der Waals surface area contributed by atoms with E-state index in [1.807, 2.05) is 4.89 Å². The molecule has 1 aromatic carbocycles. The van der Waals surface area contributed by atoms with Crippen molar-refractivity contribution in [2.45, 2.75) is 4.90 Å². The van der Waals surface area contributed by atoms with Crippen molar-refractivity contribution >= 4 is 31.6 Å². The van der Waals surface area contributed by atoms with Crippen molar-refractivity contribution in [3.8, 4) is 0 Å². The van der Waals surface area contributed by atoms with E-state index in [9.17, 15) is 18.5 Å². The SMILES string of the molecule is O=[N+]([O-])c1ccc(S(=O)(=O)NOCCBr)cc1. The fraction of sp³-hybridized carbons (Fsp3) is 0.250. The maximum atomic E-state index is 11.6. The molecule has 1 aromatic rings. The second-order valence-electron chi connectivity index (χ2n) is 2.88. The molecular formula is C8H9BrN2O5S. The third-order valence-corrected chi connectivity index (χ3v) is 3.26. The number of benzene rings is 1. The number of nitro groups is 1. The number of sulfonamides is 1. The third kappa shape index (κ3) is 4.04. The van der Waals surface area contributed by atoms with Crippen LogP contribution in [0.3, 0.4) is 0 Å². The van der Waals surface area contributed by atoms with Crippen LogP contribution in [0.5, 0.6) is 0 Å². The first-order valence-electron chi connectivity index (χ1n) is 4.41. The molecule has 1 N–H and O–H groups in total. The van der Waals surface area contributed by atoms with Gasteiger partial charge in [-0.2, -0.15) is 0 Å². The van der Waals surface area contributed by atoms with Crippen LogP contribution in [0, 0.1) is 10.1 Å². The van der Waals surface area contributed by atoms with Gasteiger partial charge in [0.25, 0.3) is 15.7 Å². The van der Waals surface area contributed by atoms with Gasteiger partial charge in [-0.3, -0.25) is 15.0 Å². The van der Waals surface area contributed by atoms with E-state index in [1.165, 1.54) is 0 Å². The van der Waals surface area contributed by atoms with E-state index < -0.39 is 14.9 Å². The highest BCUT2D eigenvalue weighted by molar-refractivity contribution is 9.09. The number of hydrogen-bond acceptors (Lipinski definition) is 5. The van der Waals surface area contributed by atoms with Gasteiger partial charge in [-0.05, 0) is 12.1 Å². The molecule has 0 unspecified atom stereocenters. The molecule has 0 bridgehead atoms. The Labute approximate surface area is 106 Å². The van der Waals surface area contributed by atoms with Crippen molar-refractivity contribution in [3.05, 3.63) is 34.4 Å². The van der Waals surface area contributed by atoms with Crippen LogP contribution in [-0.2, 0) is 14.9 Å². The van der Waals surface area contributed by atoms with E-state index >= 15 is 0 Å². The topological polar surface area (TPSA) is 98.5 Å². The minimum atomic E-state index is -3.79. The van der Waals surface area contributed by atoms with Gasteiger partial charge in [0.05, 0.1) is 16.4 Å². The molecule has 94 valence electrons. The summed E-state index contributed by atoms with van der Waals surface area (Å²) in [6.07, 6.45) is 0. The Balaban J connectivity index is 2.81. The zero-order valence-electron chi connectivity index (χ0n) is 8.50. The molecule has 0 saturated carbocycles. The maximum absolute atomic E-state index is 11.6. The summed E-state index contributed by atoms with van der Waals surface area (Å²) < 4.78 is 23.1. The van der Waals surface area contributed by atoms with Crippen molar-refractivity contribution < 1.29 is 18.2 Å². The van der Waals surface area contributed by atoms with Gasteiger partial charge in [0.1, 0.15) is 0 Å². The zero-order valence-corrected chi connectivity index (χ0v) is 10.9. The molecule has 17 heavy (non-hydrogen) atoms. The number of nitrogens with zero attached hydrogens (tertiary/aromatic N) is 1. The van der Waals surface area contributed by atoms with Gasteiger partial charge in [0, 0.05) is 17.5 Å². The largest absolute Gasteiger partial charge is 0.286 e. The maximum Gasteiger partial charge on any atom is 0.269 e. The molecule has 9 heteroatoms. The van der Waals surface area contributed by atoms with Gasteiger partial charge in [-0.15, -0.1) is 0 Å². The number of hydrogen-bond donors (Lipinski definition) is 1. The smallest absolute Gasteiger partial charge is 0.269 e. The summed E-state index contributed by atoms with van der Waals surface area (Å²) in [5.41, 5.74) is -0.176. The Morgan fingerprint density at radius 2 is 1.94 bits per heavy atom. The van der Waals surface area contributed by atoms with E-state index in [2.05, 4.69) is 20.8 Å². The van der Waals surface area contributed by atoms with Gasteiger partial charge < -0.3 is 0 Å². The van der Waals surface area contributed by atoms with Crippen LogP contribution in [0.1, 0.15) is 0 Å². The lowest BCUT2D eigenvalue weighted by Gasteiger charge is -2.05. The molecule has 0 saturated heterocycles. The molecule has 0 fully saturated rings. The average Bonchev–Trinajstić information content (AvgIpc) is 2.29. The van der Waals surface area contributed by atoms with E-state index in [-0.39, 0.29) is 17.2 Å². The van der Waals surface area contributed by atoms with Crippen LogP contribution in [0.4, 0.5) is 5.69 Å². The Morgan fingerprint density at radius 3 is 2.41 bits per heavy atom. The number of alkyl halides is 1. The number of non-ortho nitro benzene ring substituents is 1. The van der Waals surface area contributed by atoms with Crippen LogP contribution in [0.15, 0.2) is 29.2 Å². The third-order valence-electron chi connectivity index (χ3n) is 1.71. The van der Waals surface area contributed by atoms with E-state index in [1.54, 1.807) is 0 Å². The summed E-state index contributed by atoms with van der Waals surface area (Å²) >= 11 is 3.06. The molecule has 0 aliphatic carbocycles. The Morgan fingerprint density at radius 1 is 1.35 bits per heavy atom. The molecule has 1 rings (SSSR count). The Hall–Kier alpha value is -1.03. The standard InChI is InChI=1S/C8H9BrN2O5S/c9-5-6-16-10-17(14,15)8-3-1-7(2-4-8)11(12)13/h1-4,10H,5-6H2. The second-order valence-corrected chi connectivity index (χ2v) is 5.31. The summed E-state index contributed by atoms with van der Waals surface area (Å²) in [5.74, 6) is 0. The quantitative estimate of drug-likeness (QED) is 0.367. The molecule has 0 radical (unpaired) electrons. The first-order chi connectivity index (χ1) is 7.97. The zero-order chi connectivity index (χ0) is 12.9. The van der Waals surface area contributed by atoms with Crippen LogP contribution >= 0.6 is 15.9 Å². The minimum absolute atomic E-state index is 0.0994. The lowest BCUT2D eigenvalue weighted by Crippen LogP contribution is -2.24. The fourth-order valence-corrected chi connectivity index (χ4v) is 1.94. The van der Waals surface area contributed by atoms with Crippen molar-refractivity contribution in [2.24, 2.45) is 0 Å². The van der Waals surface area contributed by atoms with Crippen LogP contribution in [0.25, 0.3) is 0 Å². The molecule has 0 aliphatic heterocycles. The van der Waals surface area contributed by atoms with Gasteiger partial charge in [0.15, 0.2) is 0 Å². The predicted molar refractivity (Wildman–Crippen MR) is 63.2 cm³/mol. The summed E-state index contributed by atoms with van der Waals surface area (Å²) in [4.78, 5) is 16.2. The normalized spacial score (nSPS) is 11.4. The molecule has 0 aromatic heterocycles. The molecular weight excluding hydrogens is 316 g/mol. The lowest BCUT2D eigenvalue weighted by molar-refractivity contribution is -0.384. The molecule has 0 aliphatic rings. The summed E-state index contributed by atoms with van der Waals surface area (Å²) in [6, 6.07) is 4.49. The van der Waals surface area contributed by atoms with Gasteiger partial charge in [-0.25, -0.2) is 8.42 Å². The van der Waals surface area contributed by atoms with E-state index in [0.717, 1.165) is 24.3 Å². The number of nitrogens with one attached hydrogen (secondary N) is 1. The Bertz CT molecular complexity index is 487. The van der Waals surface area contributed by atoms with Crippen LogP contribution in [0.2, 0.25) is 0 Å². The second kappa shape index (κ2) is 6.05. The lowest BCUT2D eigenvalue weighted by atomic mass is 10.3. The van der Waals surface area contributed by atoms with Crippen molar-refractivity contribution in [2.75, 3.05) is 11.9 Å². The molecule has 0 spiro atoms. The monoisotopic (exact) mass is 324 g/mol. The van der Waals surface area contributed by atoms with Crippen molar-refractivity contribution in [3.63, 3.8) is 0 Å². The first kappa shape index (κ1) is 14.0. The highest BCUT2D eigenvalue weighted by Gasteiger charge is 2.15. The summed E-state index contributed by atoms with van der Waals surface area (Å²) in [7, 11) is -3.79. The molecule has 7 nitrogen and oxygen atoms in total. The molecule has 0 atom stereocenters. The van der Waals surface area contributed by atoms with Crippen LogP contribution in [-0.4, -0.2) is 25.3 Å². The number of nitro benzene ring substituents is 1. The van der Waals surface area contributed by atoms with Gasteiger partial charge in [0.2, 0.25) is 0 Å². The fourth-order valence-electron chi connectivity index (χ4n) is 0.953. The van der Waals surface area contributed by atoms with Gasteiger partial charge >= 0.3 is 0 Å². The molecule has 0 heterocycles. The van der Waals surface area contributed by atoms with Crippen LogP contribution < -0.4 is 4.89 Å². The van der Waals surface area contributed by atoms with E-state index in [0.29, 0.717) is 5.33 Å². The predicted octanol–water partition coefficient (Wildman–Crippen LogP) is 1.20. The summed E-state index contributed by atoms with van der Waals surface area (Å²) in [6.45, 7) is 0.173. The van der Waals surface area contributed by atoms with Gasteiger partial charge in [-0.1, -0.05) is 20.8 Å². The molecule has 0 amide bonds.